The molecule has 52 valence electrons. The van der Waals surface area contributed by atoms with E-state index in [1.54, 1.807) is 0 Å². The summed E-state index contributed by atoms with van der Waals surface area (Å²) in [5.41, 5.74) is 0. The molecule has 3 unspecified atom stereocenters. The van der Waals surface area contributed by atoms with Gasteiger partial charge in [0.2, 0.25) is 0 Å². The minimum atomic E-state index is 0.946. The topological polar surface area (TPSA) is 12.0 Å². The molecule has 1 heterocycles. The first-order valence-electron chi connectivity index (χ1n) is 4.15. The lowest BCUT2D eigenvalue weighted by Crippen LogP contribution is -2.64. The largest absolute Gasteiger partial charge is 0.313 e. The highest BCUT2D eigenvalue weighted by Crippen LogP contribution is 2.42. The van der Waals surface area contributed by atoms with Crippen molar-refractivity contribution < 1.29 is 0 Å². The minimum Gasteiger partial charge on any atom is -0.313 e. The Morgan fingerprint density at radius 1 is 1.56 bits per heavy atom. The van der Waals surface area contributed by atoms with Gasteiger partial charge < -0.3 is 5.32 Å². The molecule has 9 heavy (non-hydrogen) atoms. The van der Waals surface area contributed by atoms with Crippen LogP contribution in [-0.2, 0) is 0 Å². The molecule has 0 aromatic carbocycles. The van der Waals surface area contributed by atoms with E-state index in [0.717, 1.165) is 17.9 Å². The molecule has 0 aromatic rings. The van der Waals surface area contributed by atoms with Gasteiger partial charge in [-0.1, -0.05) is 19.8 Å². The Bertz CT molecular complexity index is 109. The van der Waals surface area contributed by atoms with E-state index in [1.165, 1.54) is 25.8 Å². The van der Waals surface area contributed by atoms with Crippen LogP contribution in [0.2, 0.25) is 0 Å². The Kier molecular flexibility index (Phi) is 1.26. The maximum absolute atomic E-state index is 3.43. The zero-order valence-corrected chi connectivity index (χ0v) is 6.06. The Morgan fingerprint density at radius 3 is 2.78 bits per heavy atom. The predicted molar refractivity (Wildman–Crippen MR) is 38.3 cm³/mol. The number of hydrogen-bond donors (Lipinski definition) is 1. The third kappa shape index (κ3) is 0.710. The monoisotopic (exact) mass is 125 g/mol. The number of rotatable bonds is 2. The fourth-order valence-corrected chi connectivity index (χ4v) is 2.18. The molecule has 3 atom stereocenters. The molecule has 1 aliphatic heterocycles. The van der Waals surface area contributed by atoms with Crippen LogP contribution < -0.4 is 5.32 Å². The highest BCUT2D eigenvalue weighted by Gasteiger charge is 2.45. The van der Waals surface area contributed by atoms with Crippen molar-refractivity contribution >= 4 is 0 Å². The van der Waals surface area contributed by atoms with E-state index in [0.29, 0.717) is 0 Å². The summed E-state index contributed by atoms with van der Waals surface area (Å²) < 4.78 is 0. The normalized spacial score (nSPS) is 47.0. The zero-order chi connectivity index (χ0) is 6.27. The lowest BCUT2D eigenvalue weighted by molar-refractivity contribution is 0.0195. The molecule has 0 bridgehead atoms. The number of hydrogen-bond acceptors (Lipinski definition) is 1. The molecule has 1 heteroatoms. The Hall–Kier alpha value is -0.0400. The van der Waals surface area contributed by atoms with Crippen molar-refractivity contribution in [2.24, 2.45) is 11.8 Å². The van der Waals surface area contributed by atoms with Crippen LogP contribution in [0.15, 0.2) is 0 Å². The van der Waals surface area contributed by atoms with Crippen molar-refractivity contribution in [2.45, 2.75) is 32.2 Å². The summed E-state index contributed by atoms with van der Waals surface area (Å²) in [4.78, 5) is 0. The molecule has 1 saturated carbocycles. The van der Waals surface area contributed by atoms with Gasteiger partial charge in [0.1, 0.15) is 0 Å². The zero-order valence-electron chi connectivity index (χ0n) is 6.06. The Labute approximate surface area is 56.8 Å². The van der Waals surface area contributed by atoms with Crippen LogP contribution in [0.5, 0.6) is 0 Å². The van der Waals surface area contributed by atoms with Crippen LogP contribution in [0.1, 0.15) is 26.2 Å². The molecule has 0 spiro atoms. The molecule has 2 rings (SSSR count). The number of nitrogens with one attached hydrogen (secondary N) is 1. The summed E-state index contributed by atoms with van der Waals surface area (Å²) in [6.07, 6.45) is 4.33. The molecular formula is C8H15N. The summed E-state index contributed by atoms with van der Waals surface area (Å²) in [5.74, 6) is 2.19. The Balaban J connectivity index is 1.77. The highest BCUT2D eigenvalue weighted by atomic mass is 15.0. The van der Waals surface area contributed by atoms with E-state index in [-0.39, 0.29) is 0 Å². The highest BCUT2D eigenvalue weighted by molar-refractivity contribution is 5.02. The van der Waals surface area contributed by atoms with Crippen LogP contribution in [0.4, 0.5) is 0 Å². The molecule has 0 radical (unpaired) electrons. The quantitative estimate of drug-likeness (QED) is 0.588. The van der Waals surface area contributed by atoms with Crippen LogP contribution in [0, 0.1) is 11.8 Å². The van der Waals surface area contributed by atoms with Gasteiger partial charge in [-0.15, -0.1) is 0 Å². The minimum absolute atomic E-state index is 0.946. The molecular weight excluding hydrogens is 110 g/mol. The molecule has 1 saturated heterocycles. The lowest BCUT2D eigenvalue weighted by Gasteiger charge is -2.54. The summed E-state index contributed by atoms with van der Waals surface area (Å²) in [6.45, 7) is 3.61. The van der Waals surface area contributed by atoms with E-state index in [9.17, 15) is 0 Å². The van der Waals surface area contributed by atoms with Gasteiger partial charge in [-0.2, -0.15) is 0 Å². The third-order valence-corrected chi connectivity index (χ3v) is 2.95. The molecule has 1 N–H and O–H groups in total. The van der Waals surface area contributed by atoms with Crippen LogP contribution in [-0.4, -0.2) is 12.6 Å². The molecule has 2 aliphatic rings. The predicted octanol–water partition coefficient (Wildman–Crippen LogP) is 1.39. The number of piperidine rings is 1. The smallest absolute Gasteiger partial charge is 0.0113 e. The van der Waals surface area contributed by atoms with Crippen molar-refractivity contribution in [3.8, 4) is 0 Å². The maximum atomic E-state index is 3.43. The fourth-order valence-electron chi connectivity index (χ4n) is 2.18. The van der Waals surface area contributed by atoms with E-state index in [2.05, 4.69) is 12.2 Å². The molecule has 0 aromatic heterocycles. The van der Waals surface area contributed by atoms with Crippen LogP contribution in [0.25, 0.3) is 0 Å². The summed E-state index contributed by atoms with van der Waals surface area (Å²) in [7, 11) is 0. The second kappa shape index (κ2) is 1.98. The standard InChI is InChI=1S/C8H15N/c1-2-3-6-4-8-7(6)5-9-8/h6-9H,2-5H2,1H3. The van der Waals surface area contributed by atoms with E-state index in [1.807, 2.05) is 0 Å². The third-order valence-electron chi connectivity index (χ3n) is 2.95. The van der Waals surface area contributed by atoms with Crippen molar-refractivity contribution in [3.63, 3.8) is 0 Å². The van der Waals surface area contributed by atoms with Crippen molar-refractivity contribution in [3.05, 3.63) is 0 Å². The average molecular weight is 125 g/mol. The molecule has 1 aliphatic carbocycles. The summed E-state index contributed by atoms with van der Waals surface area (Å²) >= 11 is 0. The van der Waals surface area contributed by atoms with E-state index in [4.69, 9.17) is 0 Å². The second-order valence-electron chi connectivity index (χ2n) is 3.46. The summed E-state index contributed by atoms with van der Waals surface area (Å²) in [6, 6.07) is 0.946. The van der Waals surface area contributed by atoms with Gasteiger partial charge in [0.05, 0.1) is 0 Å². The maximum Gasteiger partial charge on any atom is 0.0113 e. The van der Waals surface area contributed by atoms with Gasteiger partial charge in [0.25, 0.3) is 0 Å². The van der Waals surface area contributed by atoms with Crippen LogP contribution in [0.3, 0.4) is 0 Å². The molecule has 0 amide bonds. The van der Waals surface area contributed by atoms with E-state index >= 15 is 0 Å². The SMILES string of the molecule is CCCC1CC2NCC12. The second-order valence-corrected chi connectivity index (χ2v) is 3.46. The van der Waals surface area contributed by atoms with Crippen molar-refractivity contribution in [2.75, 3.05) is 6.54 Å². The molecule has 1 nitrogen and oxygen atoms in total. The van der Waals surface area contributed by atoms with Crippen molar-refractivity contribution in [1.82, 2.24) is 5.32 Å². The van der Waals surface area contributed by atoms with Gasteiger partial charge in [-0.25, -0.2) is 0 Å². The lowest BCUT2D eigenvalue weighted by atomic mass is 9.63. The van der Waals surface area contributed by atoms with E-state index < -0.39 is 0 Å². The average Bonchev–Trinajstić information content (AvgIpc) is 1.82. The molecule has 2 fully saturated rings. The van der Waals surface area contributed by atoms with Gasteiger partial charge in [-0.05, 0) is 24.8 Å². The summed E-state index contributed by atoms with van der Waals surface area (Å²) in [5, 5.41) is 3.43. The first-order valence-corrected chi connectivity index (χ1v) is 4.15. The fraction of sp³-hybridized carbons (Fsp3) is 1.00. The van der Waals surface area contributed by atoms with Gasteiger partial charge in [-0.3, -0.25) is 0 Å². The first-order chi connectivity index (χ1) is 4.42. The van der Waals surface area contributed by atoms with Gasteiger partial charge in [0, 0.05) is 6.04 Å². The van der Waals surface area contributed by atoms with Gasteiger partial charge in [0.15, 0.2) is 0 Å². The first kappa shape index (κ1) is 5.72. The Morgan fingerprint density at radius 2 is 2.44 bits per heavy atom. The van der Waals surface area contributed by atoms with Crippen molar-refractivity contribution in [1.29, 1.82) is 0 Å². The van der Waals surface area contributed by atoms with Crippen LogP contribution >= 0.6 is 0 Å². The number of fused-ring (bicyclic) bond motifs is 1. The van der Waals surface area contributed by atoms with Gasteiger partial charge >= 0.3 is 0 Å².